The molecule has 0 unspecified atom stereocenters. The van der Waals surface area contributed by atoms with E-state index in [0.29, 0.717) is 33.2 Å². The van der Waals surface area contributed by atoms with Gasteiger partial charge in [0, 0.05) is 25.6 Å². The van der Waals surface area contributed by atoms with Crippen LogP contribution in [-0.2, 0) is 16.1 Å². The van der Waals surface area contributed by atoms with E-state index in [4.69, 9.17) is 10.9 Å². The van der Waals surface area contributed by atoms with Crippen molar-refractivity contribution in [1.29, 1.82) is 0 Å². The maximum atomic E-state index is 13.3. The Morgan fingerprint density at radius 1 is 1.07 bits per heavy atom. The Morgan fingerprint density at radius 3 is 2.34 bits per heavy atom. The second-order valence-corrected chi connectivity index (χ2v) is 9.20. The molecule has 41 heavy (non-hydrogen) atoms. The fraction of sp³-hybridized carbons (Fsp3) is 0.407. The number of carboxylic acids is 2. The minimum absolute atomic E-state index is 0.208. The molecule has 0 amide bonds. The highest BCUT2D eigenvalue weighted by molar-refractivity contribution is 5.97. The first-order chi connectivity index (χ1) is 19.5. The molecule has 0 fully saturated rings. The number of ketones is 1. The average Bonchev–Trinajstić information content (AvgIpc) is 2.93. The molecule has 0 aliphatic rings. The van der Waals surface area contributed by atoms with Gasteiger partial charge in [-0.2, -0.15) is 0 Å². The van der Waals surface area contributed by atoms with Crippen LogP contribution in [0.25, 0.3) is 0 Å². The Bertz CT molecular complexity index is 1390. The van der Waals surface area contributed by atoms with Gasteiger partial charge in [-0.05, 0) is 44.4 Å². The summed E-state index contributed by atoms with van der Waals surface area (Å²) in [5.41, 5.74) is -2.28. The Balaban J connectivity index is 2.39. The lowest BCUT2D eigenvalue weighted by Gasteiger charge is -2.19. The smallest absolute Gasteiger partial charge is 0.334 e. The Morgan fingerprint density at radius 2 is 1.76 bits per heavy atom. The van der Waals surface area contributed by atoms with Crippen LogP contribution in [0.5, 0.6) is 5.88 Å². The lowest BCUT2D eigenvalue weighted by Crippen LogP contribution is -2.46. The normalized spacial score (nSPS) is 12.1. The number of Topliss-reactive ketones (excluding diaryl/α,β-unsaturated/α-hetero) is 1. The molecule has 0 saturated heterocycles. The van der Waals surface area contributed by atoms with Crippen LogP contribution in [-0.4, -0.2) is 67.1 Å². The Kier molecular flexibility index (Phi) is 12.6. The highest BCUT2D eigenvalue weighted by Crippen LogP contribution is 2.19. The fourth-order valence-electron chi connectivity index (χ4n) is 4.10. The number of aromatic nitrogens is 2. The van der Waals surface area contributed by atoms with E-state index >= 15 is 0 Å². The molecule has 0 aliphatic carbocycles. The second kappa shape index (κ2) is 15.9. The quantitative estimate of drug-likeness (QED) is 0.0671. The molecule has 2 aromatic rings. The van der Waals surface area contributed by atoms with Crippen molar-refractivity contribution >= 4 is 24.4 Å². The van der Waals surface area contributed by atoms with Gasteiger partial charge in [-0.25, -0.2) is 20.0 Å². The molecular formula is C27H34FN5O8. The molecule has 1 atom stereocenters. The number of hydrogen-bond donors (Lipinski definition) is 4. The number of hydrazine groups is 1. The Labute approximate surface area is 234 Å². The van der Waals surface area contributed by atoms with Crippen molar-refractivity contribution in [2.45, 2.75) is 57.5 Å². The van der Waals surface area contributed by atoms with Gasteiger partial charge in [0.25, 0.3) is 5.56 Å². The number of carbonyl (C=O) groups excluding carboxylic acids is 1. The standard InChI is InChI=1S/C27H34FN5O8/c1-30-19(10-7-14-28)17-31(29)15-6-5-11-21(34)23-24(37)32(16-18-8-3-2-4-9-18)27(41)33(25(23)38)20(26(39)40)12-13-22(35)36/h2-4,8-9,17,20,37H,1,5-7,10-16,29H2,(H,35,36)(H,39,40)/b19-17-/t20-/m0/s1. The number of carboxylic acid groups (broad SMARTS) is 2. The molecule has 0 spiro atoms. The molecule has 0 radical (unpaired) electrons. The van der Waals surface area contributed by atoms with E-state index in [9.17, 15) is 38.6 Å². The third kappa shape index (κ3) is 9.24. The van der Waals surface area contributed by atoms with Gasteiger partial charge < -0.3 is 20.3 Å². The summed E-state index contributed by atoms with van der Waals surface area (Å²) in [6.07, 6.45) is 1.17. The van der Waals surface area contributed by atoms with E-state index in [-0.39, 0.29) is 32.4 Å². The number of nitrogens with two attached hydrogens (primary N) is 1. The average molecular weight is 576 g/mol. The third-order valence-corrected chi connectivity index (χ3v) is 6.19. The zero-order valence-corrected chi connectivity index (χ0v) is 22.4. The number of benzene rings is 1. The maximum Gasteiger partial charge on any atom is 0.334 e. The molecule has 1 aromatic heterocycles. The number of aliphatic carboxylic acids is 2. The maximum absolute atomic E-state index is 13.3. The number of hydrogen-bond acceptors (Lipinski definition) is 9. The van der Waals surface area contributed by atoms with Crippen molar-refractivity contribution in [2.75, 3.05) is 13.2 Å². The highest BCUT2D eigenvalue weighted by Gasteiger charge is 2.31. The van der Waals surface area contributed by atoms with E-state index in [0.717, 1.165) is 0 Å². The molecule has 14 heteroatoms. The summed E-state index contributed by atoms with van der Waals surface area (Å²) in [7, 11) is 0. The topological polar surface area (TPSA) is 198 Å². The van der Waals surface area contributed by atoms with Crippen molar-refractivity contribution in [3.05, 3.63) is 74.2 Å². The van der Waals surface area contributed by atoms with Gasteiger partial charge in [-0.3, -0.25) is 28.3 Å². The first kappa shape index (κ1) is 32.6. The molecule has 1 aromatic carbocycles. The van der Waals surface area contributed by atoms with Crippen LogP contribution in [0.1, 0.15) is 66.9 Å². The molecule has 1 heterocycles. The minimum Gasteiger partial charge on any atom is -0.494 e. The largest absolute Gasteiger partial charge is 0.494 e. The summed E-state index contributed by atoms with van der Waals surface area (Å²) in [6, 6.07) is 6.41. The number of halogens is 1. The number of alkyl halides is 1. The Hall–Kier alpha value is -4.59. The number of aliphatic imine (C=N–C) groups is 1. The molecule has 13 nitrogen and oxygen atoms in total. The van der Waals surface area contributed by atoms with Crippen LogP contribution in [0.15, 0.2) is 56.8 Å². The van der Waals surface area contributed by atoms with E-state index in [2.05, 4.69) is 11.7 Å². The summed E-state index contributed by atoms with van der Waals surface area (Å²) in [6.45, 7) is 2.88. The van der Waals surface area contributed by atoms with Crippen molar-refractivity contribution in [2.24, 2.45) is 10.8 Å². The summed E-state index contributed by atoms with van der Waals surface area (Å²) in [5.74, 6) is 1.17. The van der Waals surface area contributed by atoms with Crippen LogP contribution in [0.4, 0.5) is 4.39 Å². The minimum atomic E-state index is -1.89. The number of allylic oxidation sites excluding steroid dienone is 1. The van der Waals surface area contributed by atoms with Gasteiger partial charge in [-0.1, -0.05) is 30.3 Å². The van der Waals surface area contributed by atoms with Crippen LogP contribution >= 0.6 is 0 Å². The molecule has 0 aliphatic heterocycles. The summed E-state index contributed by atoms with van der Waals surface area (Å²) >= 11 is 0. The predicted molar refractivity (Wildman–Crippen MR) is 148 cm³/mol. The van der Waals surface area contributed by atoms with Crippen LogP contribution in [0.2, 0.25) is 0 Å². The summed E-state index contributed by atoms with van der Waals surface area (Å²) in [4.78, 5) is 66.6. The number of nitrogens with zero attached hydrogens (tertiary/aromatic N) is 4. The number of unbranched alkanes of at least 4 members (excludes halogenated alkanes) is 1. The van der Waals surface area contributed by atoms with Gasteiger partial charge in [0.05, 0.1) is 18.9 Å². The van der Waals surface area contributed by atoms with Gasteiger partial charge in [-0.15, -0.1) is 0 Å². The zero-order valence-electron chi connectivity index (χ0n) is 22.4. The van der Waals surface area contributed by atoms with Crippen molar-refractivity contribution in [1.82, 2.24) is 14.1 Å². The fourth-order valence-corrected chi connectivity index (χ4v) is 4.10. The molecule has 0 bridgehead atoms. The molecule has 0 saturated carbocycles. The van der Waals surface area contributed by atoms with E-state index in [1.807, 2.05) is 0 Å². The first-order valence-corrected chi connectivity index (χ1v) is 12.9. The highest BCUT2D eigenvalue weighted by atomic mass is 19.1. The molecular weight excluding hydrogens is 541 g/mol. The SMILES string of the molecule is C=N/C(=C\N(N)CCCCC(=O)c1c(O)n(Cc2ccccc2)c(=O)n([C@@H](CCC(=O)O)C(=O)O)c1=O)CCCF. The van der Waals surface area contributed by atoms with Crippen molar-refractivity contribution in [3.8, 4) is 5.88 Å². The third-order valence-electron chi connectivity index (χ3n) is 6.19. The van der Waals surface area contributed by atoms with Crippen molar-refractivity contribution in [3.63, 3.8) is 0 Å². The molecule has 2 rings (SSSR count). The summed E-state index contributed by atoms with van der Waals surface area (Å²) in [5, 5.41) is 30.9. The van der Waals surface area contributed by atoms with Crippen LogP contribution < -0.4 is 17.1 Å². The number of aromatic hydroxyl groups is 1. The predicted octanol–water partition coefficient (Wildman–Crippen LogP) is 2.07. The zero-order chi connectivity index (χ0) is 30.5. The van der Waals surface area contributed by atoms with Crippen LogP contribution in [0.3, 0.4) is 0 Å². The number of carbonyl (C=O) groups is 3. The van der Waals surface area contributed by atoms with E-state index in [1.54, 1.807) is 30.3 Å². The lowest BCUT2D eigenvalue weighted by atomic mass is 10.1. The molecule has 222 valence electrons. The summed E-state index contributed by atoms with van der Waals surface area (Å²) < 4.78 is 13.4. The van der Waals surface area contributed by atoms with Gasteiger partial charge in [0.2, 0.25) is 5.88 Å². The van der Waals surface area contributed by atoms with Crippen molar-refractivity contribution < 1.29 is 34.1 Å². The van der Waals surface area contributed by atoms with Gasteiger partial charge >= 0.3 is 17.6 Å². The lowest BCUT2D eigenvalue weighted by molar-refractivity contribution is -0.142. The first-order valence-electron chi connectivity index (χ1n) is 12.9. The van der Waals surface area contributed by atoms with Gasteiger partial charge in [0.1, 0.15) is 11.6 Å². The molecule has 5 N–H and O–H groups in total. The monoisotopic (exact) mass is 575 g/mol. The number of rotatable bonds is 18. The second-order valence-electron chi connectivity index (χ2n) is 9.20. The van der Waals surface area contributed by atoms with Gasteiger partial charge in [0.15, 0.2) is 5.78 Å². The van der Waals surface area contributed by atoms with Crippen LogP contribution in [0, 0.1) is 0 Å². The van der Waals surface area contributed by atoms with E-state index < -0.39 is 66.0 Å². The van der Waals surface area contributed by atoms with E-state index in [1.165, 1.54) is 11.2 Å².